The van der Waals surface area contributed by atoms with E-state index < -0.39 is 41.2 Å². The molecule has 0 bridgehead atoms. The number of hydrogen-bond acceptors (Lipinski definition) is 3. The number of halogens is 3. The Morgan fingerprint density at radius 2 is 1.75 bits per heavy atom. The Morgan fingerprint density at radius 1 is 1.04 bits per heavy atom. The highest BCUT2D eigenvalue weighted by Gasteiger charge is 2.29. The van der Waals surface area contributed by atoms with Crippen molar-refractivity contribution in [3.8, 4) is 0 Å². The van der Waals surface area contributed by atoms with Crippen molar-refractivity contribution in [1.82, 2.24) is 0 Å². The van der Waals surface area contributed by atoms with Gasteiger partial charge in [0.25, 0.3) is 5.91 Å². The van der Waals surface area contributed by atoms with Crippen molar-refractivity contribution in [3.63, 3.8) is 0 Å². The van der Waals surface area contributed by atoms with Crippen LogP contribution < -0.4 is 16.8 Å². The van der Waals surface area contributed by atoms with Gasteiger partial charge in [0.1, 0.15) is 5.82 Å². The van der Waals surface area contributed by atoms with Crippen LogP contribution in [-0.2, 0) is 4.79 Å². The van der Waals surface area contributed by atoms with Gasteiger partial charge in [-0.3, -0.25) is 9.59 Å². The summed E-state index contributed by atoms with van der Waals surface area (Å²) in [4.78, 5) is 23.7. The minimum Gasteiger partial charge on any atom is -0.366 e. The lowest BCUT2D eigenvalue weighted by Crippen LogP contribution is -2.34. The summed E-state index contributed by atoms with van der Waals surface area (Å²) < 4.78 is 40.7. The zero-order chi connectivity index (χ0) is 20.4. The van der Waals surface area contributed by atoms with Crippen LogP contribution in [-0.4, -0.2) is 17.9 Å². The Labute approximate surface area is 159 Å². The summed E-state index contributed by atoms with van der Waals surface area (Å²) in [7, 11) is 0. The molecule has 0 aromatic heterocycles. The Balaban J connectivity index is 1.76. The molecule has 0 radical (unpaired) electrons. The van der Waals surface area contributed by atoms with Crippen LogP contribution in [0.2, 0.25) is 0 Å². The molecule has 5 nitrogen and oxygen atoms in total. The average Bonchev–Trinajstić information content (AvgIpc) is 2.65. The Morgan fingerprint density at radius 3 is 2.43 bits per heavy atom. The van der Waals surface area contributed by atoms with E-state index in [1.807, 2.05) is 0 Å². The van der Waals surface area contributed by atoms with Crippen LogP contribution in [0.4, 0.5) is 18.9 Å². The number of allylic oxidation sites excluding steroid dienone is 1. The van der Waals surface area contributed by atoms with E-state index in [-0.39, 0.29) is 24.0 Å². The zero-order valence-corrected chi connectivity index (χ0v) is 14.7. The lowest BCUT2D eigenvalue weighted by molar-refractivity contribution is -0.113. The van der Waals surface area contributed by atoms with Crippen LogP contribution in [0.5, 0.6) is 0 Å². The van der Waals surface area contributed by atoms with Crippen molar-refractivity contribution in [1.29, 1.82) is 0 Å². The van der Waals surface area contributed by atoms with E-state index in [2.05, 4.69) is 5.32 Å². The largest absolute Gasteiger partial charge is 0.366 e. The fraction of sp³-hybridized carbons (Fsp3) is 0.200. The molecule has 2 aromatic rings. The molecule has 0 unspecified atom stereocenters. The molecule has 2 atom stereocenters. The van der Waals surface area contributed by atoms with Crippen LogP contribution >= 0.6 is 0 Å². The molecule has 0 fully saturated rings. The second kappa shape index (κ2) is 7.85. The summed E-state index contributed by atoms with van der Waals surface area (Å²) >= 11 is 0. The molecule has 1 aliphatic rings. The molecule has 28 heavy (non-hydrogen) atoms. The molecule has 2 amide bonds. The summed E-state index contributed by atoms with van der Waals surface area (Å²) in [5.41, 5.74) is 12.3. The van der Waals surface area contributed by atoms with E-state index in [0.717, 1.165) is 6.07 Å². The van der Waals surface area contributed by atoms with Crippen molar-refractivity contribution in [2.75, 3.05) is 5.32 Å². The summed E-state index contributed by atoms with van der Waals surface area (Å²) in [5.74, 6) is -4.90. The first-order chi connectivity index (χ1) is 13.3. The lowest BCUT2D eigenvalue weighted by Gasteiger charge is -2.29. The fourth-order valence-electron chi connectivity index (χ4n) is 3.25. The topological polar surface area (TPSA) is 98.2 Å². The van der Waals surface area contributed by atoms with Crippen LogP contribution in [0.15, 0.2) is 48.0 Å². The van der Waals surface area contributed by atoms with Gasteiger partial charge in [0.2, 0.25) is 5.91 Å². The van der Waals surface area contributed by atoms with Crippen molar-refractivity contribution < 1.29 is 22.8 Å². The quantitative estimate of drug-likeness (QED) is 0.701. The molecule has 0 aliphatic heterocycles. The average molecular weight is 389 g/mol. The molecular weight excluding hydrogens is 371 g/mol. The first kappa shape index (κ1) is 19.6. The monoisotopic (exact) mass is 389 g/mol. The highest BCUT2D eigenvalue weighted by Crippen LogP contribution is 2.34. The molecule has 1 aliphatic carbocycles. The van der Waals surface area contributed by atoms with Crippen molar-refractivity contribution in [2.24, 2.45) is 11.5 Å². The number of nitrogens with two attached hydrogens (primary N) is 2. The third kappa shape index (κ3) is 4.07. The van der Waals surface area contributed by atoms with Crippen LogP contribution in [0.3, 0.4) is 0 Å². The lowest BCUT2D eigenvalue weighted by atomic mass is 9.80. The van der Waals surface area contributed by atoms with Gasteiger partial charge in [0.15, 0.2) is 11.6 Å². The molecule has 0 saturated heterocycles. The molecule has 5 N–H and O–H groups in total. The number of carbonyl (C=O) groups excluding carboxylic acids is 2. The number of hydrogen-bond donors (Lipinski definition) is 3. The van der Waals surface area contributed by atoms with Crippen LogP contribution in [0.25, 0.3) is 0 Å². The molecule has 0 heterocycles. The Hall–Kier alpha value is -3.13. The van der Waals surface area contributed by atoms with E-state index in [1.165, 1.54) is 12.1 Å². The summed E-state index contributed by atoms with van der Waals surface area (Å²) in [6.45, 7) is 0. The number of carbonyl (C=O) groups is 2. The Kier molecular flexibility index (Phi) is 5.51. The van der Waals surface area contributed by atoms with Gasteiger partial charge in [-0.05, 0) is 42.7 Å². The molecule has 0 saturated carbocycles. The van der Waals surface area contributed by atoms with Gasteiger partial charge in [0.05, 0.1) is 0 Å². The number of amides is 2. The van der Waals surface area contributed by atoms with E-state index in [4.69, 9.17) is 11.5 Å². The van der Waals surface area contributed by atoms with E-state index in [1.54, 1.807) is 18.2 Å². The summed E-state index contributed by atoms with van der Waals surface area (Å²) in [5, 5.41) is 2.66. The maximum Gasteiger partial charge on any atom is 0.251 e. The second-order valence-electron chi connectivity index (χ2n) is 6.63. The van der Waals surface area contributed by atoms with Crippen molar-refractivity contribution in [2.45, 2.75) is 24.8 Å². The van der Waals surface area contributed by atoms with Gasteiger partial charge in [-0.25, -0.2) is 13.2 Å². The third-order valence-corrected chi connectivity index (χ3v) is 4.73. The number of primary amides is 1. The highest BCUT2D eigenvalue weighted by atomic mass is 19.2. The van der Waals surface area contributed by atoms with Gasteiger partial charge in [-0.2, -0.15) is 0 Å². The maximum atomic E-state index is 14.0. The molecule has 0 spiro atoms. The fourth-order valence-corrected chi connectivity index (χ4v) is 3.25. The molecule has 2 aromatic carbocycles. The van der Waals surface area contributed by atoms with Crippen LogP contribution in [0.1, 0.15) is 34.7 Å². The van der Waals surface area contributed by atoms with Gasteiger partial charge in [-0.15, -0.1) is 0 Å². The standard InChI is InChI=1S/C20H18F3N3O2/c21-15-9-17(23)16(22)8-14(15)13-5-4-11(7-18(13)24)20(28)26-12-3-1-2-10(6-12)19(25)27/h1-4,6,8-9,13,18H,5,7,24H2,(H2,25,27)(H,26,28)/t13-,18+/m1/s1. The third-order valence-electron chi connectivity index (χ3n) is 4.73. The molecule has 3 rings (SSSR count). The number of rotatable bonds is 4. The van der Waals surface area contributed by atoms with E-state index in [0.29, 0.717) is 17.3 Å². The predicted octanol–water partition coefficient (Wildman–Crippen LogP) is 2.97. The molecule has 8 heteroatoms. The highest BCUT2D eigenvalue weighted by molar-refractivity contribution is 6.04. The first-order valence-electron chi connectivity index (χ1n) is 8.56. The summed E-state index contributed by atoms with van der Waals surface area (Å²) in [6, 6.07) is 6.81. The first-order valence-corrected chi connectivity index (χ1v) is 8.56. The number of benzene rings is 2. The maximum absolute atomic E-state index is 14.0. The van der Waals surface area contributed by atoms with E-state index in [9.17, 15) is 22.8 Å². The van der Waals surface area contributed by atoms with Gasteiger partial charge in [-0.1, -0.05) is 12.1 Å². The van der Waals surface area contributed by atoms with Crippen molar-refractivity contribution >= 4 is 17.5 Å². The minimum atomic E-state index is -1.26. The van der Waals surface area contributed by atoms with Gasteiger partial charge in [0, 0.05) is 34.9 Å². The number of nitrogens with one attached hydrogen (secondary N) is 1. The predicted molar refractivity (Wildman–Crippen MR) is 97.9 cm³/mol. The Bertz CT molecular complexity index is 975. The van der Waals surface area contributed by atoms with Gasteiger partial charge >= 0.3 is 0 Å². The summed E-state index contributed by atoms with van der Waals surface area (Å²) in [6.07, 6.45) is 1.93. The molecular formula is C20H18F3N3O2. The minimum absolute atomic E-state index is 0.0173. The molecule has 146 valence electrons. The van der Waals surface area contributed by atoms with Crippen LogP contribution in [0, 0.1) is 17.5 Å². The van der Waals surface area contributed by atoms with Crippen molar-refractivity contribution in [3.05, 3.63) is 76.6 Å². The zero-order valence-electron chi connectivity index (χ0n) is 14.7. The SMILES string of the molecule is NC(=O)c1cccc(NC(=O)C2=CC[C@H](c3cc(F)c(F)cc3F)[C@@H](N)C2)c1. The van der Waals surface area contributed by atoms with E-state index >= 15 is 0 Å². The number of anilines is 1. The van der Waals surface area contributed by atoms with Gasteiger partial charge < -0.3 is 16.8 Å². The normalized spacial score (nSPS) is 19.1. The second-order valence-corrected chi connectivity index (χ2v) is 6.63. The smallest absolute Gasteiger partial charge is 0.251 e.